The van der Waals surface area contributed by atoms with Gasteiger partial charge >= 0.3 is 0 Å². The molecular formula is C16H32N2. The van der Waals surface area contributed by atoms with Gasteiger partial charge in [-0.2, -0.15) is 0 Å². The molecule has 0 radical (unpaired) electrons. The molecule has 106 valence electrons. The van der Waals surface area contributed by atoms with Gasteiger partial charge in [-0.25, -0.2) is 0 Å². The molecule has 0 N–H and O–H groups in total. The van der Waals surface area contributed by atoms with E-state index in [0.29, 0.717) is 11.5 Å². The first-order valence-corrected chi connectivity index (χ1v) is 7.70. The third-order valence-electron chi connectivity index (χ3n) is 4.55. The smallest absolute Gasteiger partial charge is 0.0276 e. The van der Waals surface area contributed by atoms with Gasteiger partial charge in [0.25, 0.3) is 0 Å². The van der Waals surface area contributed by atoms with Gasteiger partial charge in [0, 0.05) is 30.7 Å². The van der Waals surface area contributed by atoms with Crippen LogP contribution in [0.1, 0.15) is 60.8 Å². The lowest BCUT2D eigenvalue weighted by molar-refractivity contribution is 0.0187. The molecule has 2 rings (SSSR count). The van der Waals surface area contributed by atoms with Crippen molar-refractivity contribution in [2.24, 2.45) is 5.41 Å². The van der Waals surface area contributed by atoms with Crippen molar-refractivity contribution in [3.8, 4) is 0 Å². The fraction of sp³-hybridized carbons (Fsp3) is 1.00. The van der Waals surface area contributed by atoms with E-state index in [9.17, 15) is 0 Å². The number of hydrogen-bond donors (Lipinski definition) is 0. The highest BCUT2D eigenvalue weighted by Crippen LogP contribution is 2.35. The summed E-state index contributed by atoms with van der Waals surface area (Å²) in [5, 5.41) is 0. The molecule has 1 saturated heterocycles. The van der Waals surface area contributed by atoms with Crippen LogP contribution in [0.15, 0.2) is 0 Å². The molecule has 2 nitrogen and oxygen atoms in total. The van der Waals surface area contributed by atoms with Crippen molar-refractivity contribution >= 4 is 0 Å². The molecule has 2 heteroatoms. The fourth-order valence-electron chi connectivity index (χ4n) is 3.33. The topological polar surface area (TPSA) is 6.48 Å². The molecule has 1 atom stereocenters. The lowest BCUT2D eigenvalue weighted by Crippen LogP contribution is -2.56. The van der Waals surface area contributed by atoms with Crippen LogP contribution < -0.4 is 0 Å². The molecule has 1 aliphatic carbocycles. The first-order chi connectivity index (χ1) is 8.19. The summed E-state index contributed by atoms with van der Waals surface area (Å²) in [6.45, 7) is 18.2. The van der Waals surface area contributed by atoms with Crippen molar-refractivity contribution < 1.29 is 0 Å². The van der Waals surface area contributed by atoms with Crippen molar-refractivity contribution in [2.75, 3.05) is 19.6 Å². The van der Waals surface area contributed by atoms with Crippen LogP contribution in [-0.4, -0.2) is 47.1 Å². The highest BCUT2D eigenvalue weighted by molar-refractivity contribution is 4.96. The molecule has 2 fully saturated rings. The zero-order chi connectivity index (χ0) is 13.6. The Bertz CT molecular complexity index is 280. The van der Waals surface area contributed by atoms with Gasteiger partial charge in [-0.05, 0) is 52.0 Å². The Hall–Kier alpha value is -0.0800. The highest BCUT2D eigenvalue weighted by atomic mass is 15.3. The van der Waals surface area contributed by atoms with Crippen LogP contribution >= 0.6 is 0 Å². The van der Waals surface area contributed by atoms with E-state index in [1.807, 2.05) is 0 Å². The molecule has 0 bridgehead atoms. The van der Waals surface area contributed by atoms with Crippen LogP contribution in [0, 0.1) is 5.41 Å². The molecule has 2 aliphatic rings. The van der Waals surface area contributed by atoms with Gasteiger partial charge in [-0.1, -0.05) is 20.8 Å². The maximum atomic E-state index is 2.77. The van der Waals surface area contributed by atoms with Gasteiger partial charge in [-0.15, -0.1) is 0 Å². The summed E-state index contributed by atoms with van der Waals surface area (Å²) in [6, 6.07) is 1.59. The van der Waals surface area contributed by atoms with Crippen molar-refractivity contribution in [1.82, 2.24) is 9.80 Å². The summed E-state index contributed by atoms with van der Waals surface area (Å²) in [5.74, 6) is 0. The minimum atomic E-state index is 0.289. The number of rotatable bonds is 1. The van der Waals surface area contributed by atoms with E-state index < -0.39 is 0 Å². The molecule has 0 amide bonds. The van der Waals surface area contributed by atoms with E-state index in [4.69, 9.17) is 0 Å². The zero-order valence-electron chi connectivity index (χ0n) is 13.3. The van der Waals surface area contributed by atoms with Crippen LogP contribution in [0.4, 0.5) is 0 Å². The second-order valence-corrected chi connectivity index (χ2v) is 8.33. The average Bonchev–Trinajstić information content (AvgIpc) is 3.00. The number of nitrogens with zero attached hydrogens (tertiary/aromatic N) is 2. The van der Waals surface area contributed by atoms with E-state index in [0.717, 1.165) is 6.04 Å². The molecular weight excluding hydrogens is 220 g/mol. The lowest BCUT2D eigenvalue weighted by atomic mass is 9.83. The Morgan fingerprint density at radius 2 is 1.50 bits per heavy atom. The second-order valence-electron chi connectivity index (χ2n) is 8.33. The van der Waals surface area contributed by atoms with Crippen molar-refractivity contribution in [2.45, 2.75) is 78.4 Å². The highest BCUT2D eigenvalue weighted by Gasteiger charge is 2.41. The summed E-state index contributed by atoms with van der Waals surface area (Å²) in [4.78, 5) is 5.52. The summed E-state index contributed by atoms with van der Waals surface area (Å²) < 4.78 is 0. The van der Waals surface area contributed by atoms with E-state index >= 15 is 0 Å². The minimum absolute atomic E-state index is 0.289. The lowest BCUT2D eigenvalue weighted by Gasteiger charge is -2.47. The summed E-state index contributed by atoms with van der Waals surface area (Å²) in [7, 11) is 0. The Balaban J connectivity index is 2.18. The Morgan fingerprint density at radius 1 is 0.889 bits per heavy atom. The van der Waals surface area contributed by atoms with Crippen LogP contribution in [0.2, 0.25) is 0 Å². The molecule has 18 heavy (non-hydrogen) atoms. The summed E-state index contributed by atoms with van der Waals surface area (Å²) >= 11 is 0. The van der Waals surface area contributed by atoms with Crippen LogP contribution in [0.3, 0.4) is 0 Å². The SMILES string of the molecule is CC(C)(C)[C@@H]1CN(C2CC2)CCCN1C(C)(C)C. The largest absolute Gasteiger partial charge is 0.299 e. The van der Waals surface area contributed by atoms with Crippen molar-refractivity contribution in [3.63, 3.8) is 0 Å². The van der Waals surface area contributed by atoms with Crippen molar-refractivity contribution in [3.05, 3.63) is 0 Å². The maximum Gasteiger partial charge on any atom is 0.0276 e. The Morgan fingerprint density at radius 3 is 1.94 bits per heavy atom. The molecule has 0 spiro atoms. The first kappa shape index (κ1) is 14.3. The zero-order valence-corrected chi connectivity index (χ0v) is 13.3. The predicted molar refractivity (Wildman–Crippen MR) is 78.9 cm³/mol. The van der Waals surface area contributed by atoms with E-state index in [-0.39, 0.29) is 5.54 Å². The third-order valence-corrected chi connectivity index (χ3v) is 4.55. The summed E-state index contributed by atoms with van der Waals surface area (Å²) in [5.41, 5.74) is 0.655. The van der Waals surface area contributed by atoms with Crippen LogP contribution in [0.5, 0.6) is 0 Å². The van der Waals surface area contributed by atoms with Gasteiger partial charge in [0.15, 0.2) is 0 Å². The monoisotopic (exact) mass is 252 g/mol. The molecule has 1 saturated carbocycles. The molecule has 0 aromatic rings. The molecule has 1 heterocycles. The van der Waals surface area contributed by atoms with Gasteiger partial charge in [0.2, 0.25) is 0 Å². The summed E-state index contributed by atoms with van der Waals surface area (Å²) in [6.07, 6.45) is 4.21. The van der Waals surface area contributed by atoms with Gasteiger partial charge in [0.05, 0.1) is 0 Å². The van der Waals surface area contributed by atoms with Crippen LogP contribution in [-0.2, 0) is 0 Å². The predicted octanol–water partition coefficient (Wildman–Crippen LogP) is 3.37. The van der Waals surface area contributed by atoms with Gasteiger partial charge in [0.1, 0.15) is 0 Å². The average molecular weight is 252 g/mol. The van der Waals surface area contributed by atoms with Crippen molar-refractivity contribution in [1.29, 1.82) is 0 Å². The molecule has 1 aliphatic heterocycles. The van der Waals surface area contributed by atoms with E-state index in [1.54, 1.807) is 0 Å². The maximum absolute atomic E-state index is 2.77. The van der Waals surface area contributed by atoms with E-state index in [1.165, 1.54) is 38.9 Å². The number of hydrogen-bond acceptors (Lipinski definition) is 2. The van der Waals surface area contributed by atoms with Gasteiger partial charge in [-0.3, -0.25) is 9.80 Å². The fourth-order valence-corrected chi connectivity index (χ4v) is 3.33. The molecule has 0 aromatic heterocycles. The third kappa shape index (κ3) is 3.27. The second kappa shape index (κ2) is 4.79. The first-order valence-electron chi connectivity index (χ1n) is 7.70. The molecule has 0 aromatic carbocycles. The molecule has 0 unspecified atom stereocenters. The quantitative estimate of drug-likeness (QED) is 0.706. The Kier molecular flexibility index (Phi) is 3.81. The minimum Gasteiger partial charge on any atom is -0.299 e. The Labute approximate surface area is 114 Å². The van der Waals surface area contributed by atoms with E-state index in [2.05, 4.69) is 51.3 Å². The standard InChI is InChI=1S/C16H32N2/c1-15(2,3)14-12-17(13-8-9-13)10-7-11-18(14)16(4,5)6/h13-14H,7-12H2,1-6H3/t14-/m0/s1. The van der Waals surface area contributed by atoms with Crippen LogP contribution in [0.25, 0.3) is 0 Å². The normalized spacial score (nSPS) is 29.3. The van der Waals surface area contributed by atoms with Gasteiger partial charge < -0.3 is 0 Å².